The Kier molecular flexibility index (Phi) is 2.82. The summed E-state index contributed by atoms with van der Waals surface area (Å²) in [7, 11) is 2.06. The Hall–Kier alpha value is -1.81. The molecule has 19 heavy (non-hydrogen) atoms. The van der Waals surface area contributed by atoms with Gasteiger partial charge in [0.2, 0.25) is 0 Å². The van der Waals surface area contributed by atoms with Gasteiger partial charge >= 0.3 is 0 Å². The number of nitrogens with two attached hydrogens (primary N) is 1. The van der Waals surface area contributed by atoms with Crippen LogP contribution in [0.3, 0.4) is 0 Å². The minimum Gasteiger partial charge on any atom is -0.390 e. The number of hydrogen-bond acceptors (Lipinski definition) is 3. The van der Waals surface area contributed by atoms with Gasteiger partial charge in [0.05, 0.1) is 21.6 Å². The SMILES string of the molecule is CCc1cc(-c2nc3cccc(C)c3n2C)c(N)s1. The van der Waals surface area contributed by atoms with Gasteiger partial charge in [-0.2, -0.15) is 0 Å². The standard InChI is InChI=1S/C15H17N3S/c1-4-10-8-11(14(16)19-10)15-17-12-7-5-6-9(2)13(12)18(15)3/h5-8H,4,16H2,1-3H3. The lowest BCUT2D eigenvalue weighted by molar-refractivity contribution is 0.956. The third-order valence-corrected chi connectivity index (χ3v) is 4.61. The van der Waals surface area contributed by atoms with Crippen molar-refractivity contribution >= 4 is 27.4 Å². The van der Waals surface area contributed by atoms with E-state index >= 15 is 0 Å². The van der Waals surface area contributed by atoms with Gasteiger partial charge in [-0.3, -0.25) is 0 Å². The molecule has 0 aliphatic rings. The molecule has 2 N–H and O–H groups in total. The number of fused-ring (bicyclic) bond motifs is 1. The second-order valence-electron chi connectivity index (χ2n) is 4.78. The monoisotopic (exact) mass is 271 g/mol. The quantitative estimate of drug-likeness (QED) is 0.771. The first-order chi connectivity index (χ1) is 9.11. The van der Waals surface area contributed by atoms with Gasteiger partial charge in [0, 0.05) is 11.9 Å². The number of thiophene rings is 1. The fourth-order valence-electron chi connectivity index (χ4n) is 2.51. The number of anilines is 1. The molecule has 0 fully saturated rings. The number of benzene rings is 1. The molecule has 0 atom stereocenters. The zero-order valence-electron chi connectivity index (χ0n) is 11.4. The smallest absolute Gasteiger partial charge is 0.143 e. The number of rotatable bonds is 2. The maximum atomic E-state index is 6.14. The molecule has 3 rings (SSSR count). The molecule has 0 amide bonds. The summed E-state index contributed by atoms with van der Waals surface area (Å²) in [5.74, 6) is 0.956. The number of imidazole rings is 1. The van der Waals surface area contributed by atoms with E-state index in [-0.39, 0.29) is 0 Å². The molecule has 0 aliphatic heterocycles. The number of aryl methyl sites for hydroxylation is 3. The average molecular weight is 271 g/mol. The van der Waals surface area contributed by atoms with Crippen molar-refractivity contribution in [3.8, 4) is 11.4 Å². The third kappa shape index (κ3) is 1.83. The van der Waals surface area contributed by atoms with E-state index in [2.05, 4.69) is 43.7 Å². The van der Waals surface area contributed by atoms with Gasteiger partial charge in [-0.05, 0) is 31.0 Å². The van der Waals surface area contributed by atoms with Crippen molar-refractivity contribution in [2.24, 2.45) is 7.05 Å². The van der Waals surface area contributed by atoms with Crippen molar-refractivity contribution in [3.05, 3.63) is 34.7 Å². The summed E-state index contributed by atoms with van der Waals surface area (Å²) in [6.45, 7) is 4.26. The predicted octanol–water partition coefficient (Wildman–Crippen LogP) is 3.75. The van der Waals surface area contributed by atoms with Crippen molar-refractivity contribution in [1.29, 1.82) is 0 Å². The third-order valence-electron chi connectivity index (χ3n) is 3.50. The second-order valence-corrected chi connectivity index (χ2v) is 5.95. The van der Waals surface area contributed by atoms with Gasteiger partial charge in [0.15, 0.2) is 0 Å². The lowest BCUT2D eigenvalue weighted by Gasteiger charge is -2.02. The van der Waals surface area contributed by atoms with E-state index < -0.39 is 0 Å². The molecular formula is C15H17N3S. The average Bonchev–Trinajstić information content (AvgIpc) is 2.91. The Morgan fingerprint density at radius 2 is 2.16 bits per heavy atom. The predicted molar refractivity (Wildman–Crippen MR) is 82.6 cm³/mol. The Morgan fingerprint density at radius 1 is 1.37 bits per heavy atom. The zero-order chi connectivity index (χ0) is 13.6. The summed E-state index contributed by atoms with van der Waals surface area (Å²) in [6.07, 6.45) is 1.01. The summed E-state index contributed by atoms with van der Waals surface area (Å²) in [5, 5.41) is 0.855. The molecule has 0 bridgehead atoms. The van der Waals surface area contributed by atoms with Gasteiger partial charge in [-0.15, -0.1) is 11.3 Å². The van der Waals surface area contributed by atoms with E-state index in [9.17, 15) is 0 Å². The highest BCUT2D eigenvalue weighted by Gasteiger charge is 2.15. The van der Waals surface area contributed by atoms with Crippen LogP contribution in [-0.4, -0.2) is 9.55 Å². The number of nitrogens with zero attached hydrogens (tertiary/aromatic N) is 2. The molecule has 98 valence electrons. The van der Waals surface area contributed by atoms with E-state index in [4.69, 9.17) is 10.7 Å². The maximum absolute atomic E-state index is 6.14. The van der Waals surface area contributed by atoms with Crippen molar-refractivity contribution in [2.75, 3.05) is 5.73 Å². The topological polar surface area (TPSA) is 43.8 Å². The Bertz CT molecular complexity index is 752. The van der Waals surface area contributed by atoms with Gasteiger partial charge in [-0.1, -0.05) is 19.1 Å². The summed E-state index contributed by atoms with van der Waals surface area (Å²) < 4.78 is 2.14. The zero-order valence-corrected chi connectivity index (χ0v) is 12.2. The first kappa shape index (κ1) is 12.2. The molecule has 0 saturated heterocycles. The van der Waals surface area contributed by atoms with E-state index in [0.717, 1.165) is 28.3 Å². The van der Waals surface area contributed by atoms with Crippen LogP contribution < -0.4 is 5.73 Å². The highest BCUT2D eigenvalue weighted by atomic mass is 32.1. The highest BCUT2D eigenvalue weighted by Crippen LogP contribution is 2.35. The molecule has 0 saturated carbocycles. The largest absolute Gasteiger partial charge is 0.390 e. The lowest BCUT2D eigenvalue weighted by atomic mass is 10.2. The maximum Gasteiger partial charge on any atom is 0.143 e. The Labute approximate surface area is 116 Å². The first-order valence-electron chi connectivity index (χ1n) is 6.42. The molecule has 1 aromatic carbocycles. The lowest BCUT2D eigenvalue weighted by Crippen LogP contribution is -1.94. The summed E-state index contributed by atoms with van der Waals surface area (Å²) in [5.41, 5.74) is 10.6. The molecule has 2 aromatic heterocycles. The van der Waals surface area contributed by atoms with E-state index in [1.165, 1.54) is 16.0 Å². The van der Waals surface area contributed by atoms with Crippen LogP contribution in [0.4, 0.5) is 5.00 Å². The number of hydrogen-bond donors (Lipinski definition) is 1. The molecular weight excluding hydrogens is 254 g/mol. The molecule has 2 heterocycles. The van der Waals surface area contributed by atoms with Gasteiger partial charge in [0.25, 0.3) is 0 Å². The normalized spacial score (nSPS) is 11.3. The Balaban J connectivity index is 2.28. The van der Waals surface area contributed by atoms with Crippen molar-refractivity contribution in [2.45, 2.75) is 20.3 Å². The van der Waals surface area contributed by atoms with Crippen molar-refractivity contribution < 1.29 is 0 Å². The van der Waals surface area contributed by atoms with Crippen LogP contribution in [0.1, 0.15) is 17.4 Å². The van der Waals surface area contributed by atoms with Crippen LogP contribution in [0.5, 0.6) is 0 Å². The molecule has 0 radical (unpaired) electrons. The molecule has 0 spiro atoms. The molecule has 0 aliphatic carbocycles. The molecule has 3 aromatic rings. The highest BCUT2D eigenvalue weighted by molar-refractivity contribution is 7.16. The summed E-state index contributed by atoms with van der Waals surface area (Å²) in [6, 6.07) is 8.37. The van der Waals surface area contributed by atoms with Crippen molar-refractivity contribution in [3.63, 3.8) is 0 Å². The van der Waals surface area contributed by atoms with E-state index in [1.54, 1.807) is 11.3 Å². The molecule has 3 nitrogen and oxygen atoms in total. The van der Waals surface area contributed by atoms with E-state index in [1.807, 2.05) is 6.07 Å². The number of nitrogen functional groups attached to an aromatic ring is 1. The molecule has 0 unspecified atom stereocenters. The fourth-order valence-corrected chi connectivity index (χ4v) is 3.38. The molecule has 4 heteroatoms. The minimum atomic E-state index is 0.855. The summed E-state index contributed by atoms with van der Waals surface area (Å²) in [4.78, 5) is 6.04. The van der Waals surface area contributed by atoms with Crippen LogP contribution in [0.25, 0.3) is 22.4 Å². The fraction of sp³-hybridized carbons (Fsp3) is 0.267. The number of aromatic nitrogens is 2. The van der Waals surface area contributed by atoms with Gasteiger partial charge < -0.3 is 10.3 Å². The minimum absolute atomic E-state index is 0.855. The van der Waals surface area contributed by atoms with E-state index in [0.29, 0.717) is 0 Å². The summed E-state index contributed by atoms with van der Waals surface area (Å²) >= 11 is 1.66. The first-order valence-corrected chi connectivity index (χ1v) is 7.24. The van der Waals surface area contributed by atoms with Crippen LogP contribution in [0.15, 0.2) is 24.3 Å². The Morgan fingerprint density at radius 3 is 2.79 bits per heavy atom. The van der Waals surface area contributed by atoms with Crippen LogP contribution in [-0.2, 0) is 13.5 Å². The van der Waals surface area contributed by atoms with Crippen LogP contribution in [0.2, 0.25) is 0 Å². The van der Waals surface area contributed by atoms with Gasteiger partial charge in [-0.25, -0.2) is 4.98 Å². The number of para-hydroxylation sites is 1. The van der Waals surface area contributed by atoms with Crippen molar-refractivity contribution in [1.82, 2.24) is 9.55 Å². The van der Waals surface area contributed by atoms with Gasteiger partial charge in [0.1, 0.15) is 5.82 Å². The second kappa shape index (κ2) is 4.38. The van der Waals surface area contributed by atoms with Crippen LogP contribution >= 0.6 is 11.3 Å². The van der Waals surface area contributed by atoms with Crippen LogP contribution in [0, 0.1) is 6.92 Å².